The van der Waals surface area contributed by atoms with Crippen LogP contribution in [0, 0.1) is 0 Å². The summed E-state index contributed by atoms with van der Waals surface area (Å²) in [5.41, 5.74) is 26.8. The summed E-state index contributed by atoms with van der Waals surface area (Å²) in [4.78, 5) is 36.5. The first-order valence-corrected chi connectivity index (χ1v) is 28.7. The minimum atomic E-state index is -0.387. The second kappa shape index (κ2) is 25.5. The largest absolute Gasteiger partial charge is 0.508 e. The van der Waals surface area contributed by atoms with E-state index in [0.29, 0.717) is 58.2 Å². The molecule has 0 spiro atoms. The standard InChI is InChI=1S/C23H24N2O2.C22H22N2O3.C22H22N2O2S/c24-23(27)20-12-11-19(15-21(20)16-6-1-2-7-16)25-13-5-9-18(25)14-17-8-3-4-10-22(17)26;2*23-22(26)17-12-11-16(14-18(17)15-6-1-2-7-15)24-13-5-10-21(24)27-20-9-4-3-8-19(20)25/h3-5,8-13,15-16,26H,1-2,6-7,14H2,(H2,24,27);2*3-5,8-15,25H,1-2,6-7H2,(H2,23,26). The molecule has 414 valence electrons. The maximum absolute atomic E-state index is 11.9. The molecule has 3 fully saturated rings. The van der Waals surface area contributed by atoms with E-state index in [4.69, 9.17) is 21.9 Å². The van der Waals surface area contributed by atoms with E-state index in [1.807, 2.05) is 132 Å². The topological polar surface area (TPSA) is 214 Å². The Hall–Kier alpha value is -8.88. The normalized spacial score (nSPS) is 14.5. The molecule has 0 atom stereocenters. The average Bonchev–Trinajstić information content (AvgIpc) is 4.50. The molecular weight excluding hydrogens is 1030 g/mol. The molecule has 3 aliphatic carbocycles. The molecule has 14 heteroatoms. The van der Waals surface area contributed by atoms with Crippen LogP contribution in [0.4, 0.5) is 0 Å². The fourth-order valence-corrected chi connectivity index (χ4v) is 12.8. The van der Waals surface area contributed by atoms with E-state index in [1.54, 1.807) is 36.4 Å². The van der Waals surface area contributed by atoms with Crippen molar-refractivity contribution in [2.24, 2.45) is 17.2 Å². The van der Waals surface area contributed by atoms with Crippen LogP contribution in [0.15, 0.2) is 192 Å². The van der Waals surface area contributed by atoms with Gasteiger partial charge < -0.3 is 46.4 Å². The highest BCUT2D eigenvalue weighted by atomic mass is 32.2. The molecule has 3 aliphatic rings. The average molecular weight is 1100 g/mol. The SMILES string of the molecule is NC(=O)c1ccc(-n2cccc2Cc2ccccc2O)cc1C1CCCC1.NC(=O)c1ccc(-n2cccc2Oc2ccccc2O)cc1C1CCCC1.NC(=O)c1ccc(-n2cccc2Sc2ccccc2O)cc1C1CCCC1. The van der Waals surface area contributed by atoms with Gasteiger partial charge in [0.25, 0.3) is 0 Å². The molecule has 9 aromatic rings. The Morgan fingerprint density at radius 3 is 1.41 bits per heavy atom. The van der Waals surface area contributed by atoms with Crippen molar-refractivity contribution in [1.82, 2.24) is 13.7 Å². The molecule has 3 saturated carbocycles. The van der Waals surface area contributed by atoms with Gasteiger partial charge in [0.2, 0.25) is 23.6 Å². The zero-order chi connectivity index (χ0) is 56.4. The molecule has 9 N–H and O–H groups in total. The quantitative estimate of drug-likeness (QED) is 0.0579. The Bertz CT molecular complexity index is 3290. The maximum atomic E-state index is 11.9. The first-order valence-electron chi connectivity index (χ1n) is 27.9. The second-order valence-electron chi connectivity index (χ2n) is 21.1. The van der Waals surface area contributed by atoms with Crippen LogP contribution in [-0.2, 0) is 6.42 Å². The third kappa shape index (κ3) is 12.9. The first-order chi connectivity index (χ1) is 39.4. The van der Waals surface area contributed by atoms with Crippen LogP contribution in [-0.4, -0.2) is 46.7 Å². The Morgan fingerprint density at radius 1 is 0.457 bits per heavy atom. The number of rotatable bonds is 15. The van der Waals surface area contributed by atoms with Gasteiger partial charge in [-0.3, -0.25) is 19.0 Å². The van der Waals surface area contributed by atoms with E-state index >= 15 is 0 Å². The summed E-state index contributed by atoms with van der Waals surface area (Å²) in [5.74, 6) is 1.70. The van der Waals surface area contributed by atoms with Crippen LogP contribution in [0.3, 0.4) is 0 Å². The second-order valence-corrected chi connectivity index (χ2v) is 22.2. The van der Waals surface area contributed by atoms with Crippen LogP contribution in [0.2, 0.25) is 0 Å². The predicted octanol–water partition coefficient (Wildman–Crippen LogP) is 14.4. The molecule has 81 heavy (non-hydrogen) atoms. The molecule has 12 rings (SSSR count). The van der Waals surface area contributed by atoms with E-state index in [9.17, 15) is 29.7 Å². The molecule has 6 aromatic carbocycles. The lowest BCUT2D eigenvalue weighted by atomic mass is 9.92. The Morgan fingerprint density at radius 2 is 0.889 bits per heavy atom. The molecule has 3 amide bonds. The summed E-state index contributed by atoms with van der Waals surface area (Å²) in [6, 6.07) is 50.9. The lowest BCUT2D eigenvalue weighted by molar-refractivity contribution is 0.0990. The summed E-state index contributed by atoms with van der Waals surface area (Å²) in [6.45, 7) is 0. The third-order valence-electron chi connectivity index (χ3n) is 15.9. The highest BCUT2D eigenvalue weighted by Crippen LogP contribution is 2.42. The molecule has 0 aliphatic heterocycles. The molecule has 0 saturated heterocycles. The Labute approximate surface area is 476 Å². The molecule has 3 heterocycles. The van der Waals surface area contributed by atoms with Gasteiger partial charge in [-0.25, -0.2) is 0 Å². The number of carbonyl (C=O) groups is 3. The number of aromatic nitrogens is 3. The number of hydrogen-bond acceptors (Lipinski definition) is 8. The van der Waals surface area contributed by atoms with Crippen LogP contribution in [0.1, 0.15) is 154 Å². The smallest absolute Gasteiger partial charge is 0.248 e. The zero-order valence-electron chi connectivity index (χ0n) is 45.2. The van der Waals surface area contributed by atoms with Crippen molar-refractivity contribution in [3.63, 3.8) is 0 Å². The number of carbonyl (C=O) groups excluding carboxylic acids is 3. The van der Waals surface area contributed by atoms with E-state index in [1.165, 1.54) is 50.3 Å². The summed E-state index contributed by atoms with van der Waals surface area (Å²) < 4.78 is 12.0. The van der Waals surface area contributed by atoms with Gasteiger partial charge in [-0.2, -0.15) is 0 Å². The van der Waals surface area contributed by atoms with Gasteiger partial charge in [-0.15, -0.1) is 0 Å². The van der Waals surface area contributed by atoms with Crippen LogP contribution in [0.5, 0.6) is 28.9 Å². The van der Waals surface area contributed by atoms with E-state index in [-0.39, 0.29) is 29.2 Å². The van der Waals surface area contributed by atoms with Crippen molar-refractivity contribution in [1.29, 1.82) is 0 Å². The summed E-state index contributed by atoms with van der Waals surface area (Å²) in [7, 11) is 0. The number of para-hydroxylation sites is 4. The maximum Gasteiger partial charge on any atom is 0.248 e. The number of amides is 3. The highest BCUT2D eigenvalue weighted by Gasteiger charge is 2.26. The predicted molar refractivity (Wildman–Crippen MR) is 318 cm³/mol. The Balaban J connectivity index is 0.000000136. The molecule has 3 aromatic heterocycles. The summed E-state index contributed by atoms with van der Waals surface area (Å²) in [5, 5.41) is 31.1. The van der Waals surface area contributed by atoms with Crippen molar-refractivity contribution < 1.29 is 34.4 Å². The van der Waals surface area contributed by atoms with E-state index in [0.717, 1.165) is 93.5 Å². The lowest BCUT2D eigenvalue weighted by Gasteiger charge is -2.17. The van der Waals surface area contributed by atoms with Crippen molar-refractivity contribution in [3.05, 3.63) is 227 Å². The molecule has 0 bridgehead atoms. The minimum absolute atomic E-state index is 0.0842. The van der Waals surface area contributed by atoms with Crippen molar-refractivity contribution in [3.8, 4) is 45.9 Å². The number of primary amides is 3. The van der Waals surface area contributed by atoms with Crippen LogP contribution < -0.4 is 21.9 Å². The number of ether oxygens (including phenoxy) is 1. The van der Waals surface area contributed by atoms with E-state index in [2.05, 4.69) is 27.3 Å². The van der Waals surface area contributed by atoms with Crippen LogP contribution in [0.25, 0.3) is 17.1 Å². The number of phenols is 3. The molecular formula is C67H68N6O7S. The van der Waals surface area contributed by atoms with Crippen molar-refractivity contribution >= 4 is 29.5 Å². The minimum Gasteiger partial charge on any atom is -0.508 e. The van der Waals surface area contributed by atoms with Gasteiger partial charge >= 0.3 is 0 Å². The van der Waals surface area contributed by atoms with Gasteiger partial charge in [0.15, 0.2) is 11.5 Å². The number of hydrogen-bond donors (Lipinski definition) is 6. The lowest BCUT2D eigenvalue weighted by Crippen LogP contribution is -2.15. The number of phenolic OH excluding ortho intramolecular Hbond substituents is 3. The fourth-order valence-electron chi connectivity index (χ4n) is 11.8. The number of benzene rings is 6. The molecule has 0 unspecified atom stereocenters. The first kappa shape index (κ1) is 55.4. The monoisotopic (exact) mass is 1100 g/mol. The number of nitrogens with zero attached hydrogens (tertiary/aromatic N) is 3. The van der Waals surface area contributed by atoms with Gasteiger partial charge in [-0.1, -0.05) is 92.8 Å². The fraction of sp³-hybridized carbons (Fsp3) is 0.239. The van der Waals surface area contributed by atoms with Gasteiger partial charge in [0.05, 0.1) is 9.92 Å². The van der Waals surface area contributed by atoms with Gasteiger partial charge in [0.1, 0.15) is 11.5 Å². The summed E-state index contributed by atoms with van der Waals surface area (Å²) in [6.07, 6.45) is 20.3. The summed E-state index contributed by atoms with van der Waals surface area (Å²) >= 11 is 1.51. The van der Waals surface area contributed by atoms with Crippen molar-refractivity contribution in [2.45, 2.75) is 111 Å². The Kier molecular flexibility index (Phi) is 17.4. The number of aromatic hydroxyl groups is 3. The number of nitrogens with two attached hydrogens (primary N) is 3. The molecule has 13 nitrogen and oxygen atoms in total. The van der Waals surface area contributed by atoms with Crippen molar-refractivity contribution in [2.75, 3.05) is 0 Å². The van der Waals surface area contributed by atoms with E-state index < -0.39 is 0 Å². The van der Waals surface area contributed by atoms with Crippen LogP contribution >= 0.6 is 11.8 Å². The third-order valence-corrected chi connectivity index (χ3v) is 17.0. The highest BCUT2D eigenvalue weighted by molar-refractivity contribution is 7.99. The zero-order valence-corrected chi connectivity index (χ0v) is 46.0. The van der Waals surface area contributed by atoms with Gasteiger partial charge in [0, 0.05) is 70.5 Å². The van der Waals surface area contributed by atoms with Gasteiger partial charge in [-0.05, 0) is 194 Å². The molecule has 0 radical (unpaired) electrons.